The van der Waals surface area contributed by atoms with Crippen LogP contribution in [0.5, 0.6) is 34.9 Å². The van der Waals surface area contributed by atoms with E-state index in [0.29, 0.717) is 90.7 Å². The van der Waals surface area contributed by atoms with Gasteiger partial charge in [0.05, 0.1) is 62.8 Å². The summed E-state index contributed by atoms with van der Waals surface area (Å²) in [5.41, 5.74) is 16.4. The minimum absolute atomic E-state index is 0.0846. The molecule has 0 saturated heterocycles. The fourth-order valence-electron chi connectivity index (χ4n) is 12.8. The van der Waals surface area contributed by atoms with Gasteiger partial charge in [0.2, 0.25) is 35.5 Å². The van der Waals surface area contributed by atoms with Crippen LogP contribution in [-0.4, -0.2) is 99.1 Å². The number of amides is 2. The highest BCUT2D eigenvalue weighted by Crippen LogP contribution is 2.42. The van der Waals surface area contributed by atoms with E-state index < -0.39 is 30.5 Å². The molecular formula is C91H84BBrN18O9. The predicted molar refractivity (Wildman–Crippen MR) is 465 cm³/mol. The Morgan fingerprint density at radius 2 is 0.742 bits per heavy atom. The summed E-state index contributed by atoms with van der Waals surface area (Å²) in [7, 11) is 4.33. The van der Waals surface area contributed by atoms with Crippen LogP contribution in [0.25, 0.3) is 55.4 Å². The lowest BCUT2D eigenvalue weighted by atomic mass is 9.81. The topological polar surface area (TPSA) is 341 Å². The number of carbonyl (C=O) groups is 2. The SMILES string of the molecule is Cc1cc(-c2ccncc2)cc(C)c1Oc1nc(N(C(=O)OC(C)(C)C)c2ccc(C#N)cc2)nc2ccn(C)c12.Cc1cc(-c2ccncc2)cc(C)c1Oc1nc(Nc2ccc(C#N)cc2)nc2ccn(C)c12.Cc1cc(Br)cc(C)c1Oc1nc(N(C(=O)OC(C)(C)C)c2ccc(C#N)cc2)nc2ccn(C)c12.OB(O)c1ccncc1. The summed E-state index contributed by atoms with van der Waals surface area (Å²) in [6.07, 6.45) is 14.5. The molecule has 602 valence electrons. The number of aromatic nitrogens is 12. The third-order valence-electron chi connectivity index (χ3n) is 18.3. The van der Waals surface area contributed by atoms with Crippen molar-refractivity contribution in [1.29, 1.82) is 15.8 Å². The number of hydrogen-bond donors (Lipinski definition) is 3. The third-order valence-corrected chi connectivity index (χ3v) is 18.8. The maximum absolute atomic E-state index is 13.5. The fourth-order valence-corrected chi connectivity index (χ4v) is 13.5. The number of benzene rings is 6. The van der Waals surface area contributed by atoms with Gasteiger partial charge in [0.1, 0.15) is 45.0 Å². The Labute approximate surface area is 702 Å². The van der Waals surface area contributed by atoms with Gasteiger partial charge in [0.25, 0.3) is 0 Å². The molecule has 2 amide bonds. The summed E-state index contributed by atoms with van der Waals surface area (Å²) in [6.45, 7) is 22.7. The van der Waals surface area contributed by atoms with Crippen molar-refractivity contribution in [3.05, 3.63) is 274 Å². The summed E-state index contributed by atoms with van der Waals surface area (Å²) in [4.78, 5) is 69.6. The van der Waals surface area contributed by atoms with Gasteiger partial charge in [-0.2, -0.15) is 30.7 Å². The zero-order valence-electron chi connectivity index (χ0n) is 68.6. The lowest BCUT2D eigenvalue weighted by Crippen LogP contribution is -2.34. The summed E-state index contributed by atoms with van der Waals surface area (Å²) in [6, 6.07) is 55.5. The first-order valence-electron chi connectivity index (χ1n) is 37.8. The molecule has 0 bridgehead atoms. The highest BCUT2D eigenvalue weighted by Gasteiger charge is 2.32. The number of anilines is 6. The van der Waals surface area contributed by atoms with Crippen LogP contribution in [0, 0.1) is 75.5 Å². The van der Waals surface area contributed by atoms with Crippen LogP contribution in [0.1, 0.15) is 91.6 Å². The fraction of sp³-hybridized carbons (Fsp3) is 0.187. The molecule has 0 aliphatic heterocycles. The van der Waals surface area contributed by atoms with E-state index in [1.165, 1.54) is 22.2 Å². The summed E-state index contributed by atoms with van der Waals surface area (Å²) in [5, 5.41) is 47.8. The average molecular weight is 1660 g/mol. The lowest BCUT2D eigenvalue weighted by molar-refractivity contribution is 0.0585. The Balaban J connectivity index is 0.000000157. The maximum Gasteiger partial charge on any atom is 0.488 e. The first-order chi connectivity index (χ1) is 57.3. The Hall–Kier alpha value is -14.7. The molecule has 0 atom stereocenters. The summed E-state index contributed by atoms with van der Waals surface area (Å²) < 4.78 is 37.4. The molecule has 0 unspecified atom stereocenters. The largest absolute Gasteiger partial charge is 0.488 e. The van der Waals surface area contributed by atoms with E-state index in [-0.39, 0.29) is 11.9 Å². The Kier molecular flexibility index (Phi) is 25.9. The smallest absolute Gasteiger partial charge is 0.443 e. The van der Waals surface area contributed by atoms with Crippen molar-refractivity contribution in [3.63, 3.8) is 0 Å². The van der Waals surface area contributed by atoms with Crippen LogP contribution < -0.4 is 34.8 Å². The normalized spacial score (nSPS) is 11.0. The molecule has 0 aliphatic rings. The molecule has 6 aromatic carbocycles. The molecule has 0 aliphatic carbocycles. The van der Waals surface area contributed by atoms with Gasteiger partial charge in [-0.3, -0.25) is 15.0 Å². The number of aryl methyl sites for hydroxylation is 9. The molecule has 0 saturated carbocycles. The van der Waals surface area contributed by atoms with E-state index in [2.05, 4.69) is 88.6 Å². The van der Waals surface area contributed by atoms with Crippen LogP contribution in [-0.2, 0) is 30.6 Å². The first kappa shape index (κ1) is 84.7. The minimum atomic E-state index is -1.38. The van der Waals surface area contributed by atoms with Gasteiger partial charge in [0, 0.05) is 87.1 Å². The first-order valence-corrected chi connectivity index (χ1v) is 38.5. The van der Waals surface area contributed by atoms with Crippen molar-refractivity contribution < 1.29 is 43.3 Å². The number of pyridine rings is 3. The molecule has 9 heterocycles. The van der Waals surface area contributed by atoms with Gasteiger partial charge in [-0.1, -0.05) is 15.9 Å². The van der Waals surface area contributed by atoms with E-state index in [1.54, 1.807) is 139 Å². The van der Waals surface area contributed by atoms with Crippen molar-refractivity contribution in [2.75, 3.05) is 15.1 Å². The third kappa shape index (κ3) is 20.4. The number of carbonyl (C=O) groups excluding carboxylic acids is 2. The molecule has 3 N–H and O–H groups in total. The van der Waals surface area contributed by atoms with E-state index >= 15 is 0 Å². The van der Waals surface area contributed by atoms with Crippen molar-refractivity contribution in [1.82, 2.24) is 58.6 Å². The molecule has 0 radical (unpaired) electrons. The maximum atomic E-state index is 13.5. The van der Waals surface area contributed by atoms with Crippen LogP contribution in [0.2, 0.25) is 0 Å². The Bertz CT molecular complexity index is 6330. The van der Waals surface area contributed by atoms with Crippen molar-refractivity contribution in [3.8, 4) is 75.3 Å². The monoisotopic (exact) mass is 1660 g/mol. The number of nitriles is 3. The van der Waals surface area contributed by atoms with Gasteiger partial charge in [-0.05, 0) is 308 Å². The lowest BCUT2D eigenvalue weighted by Gasteiger charge is -2.26. The number of ether oxygens (including phenoxy) is 5. The van der Waals surface area contributed by atoms with Crippen molar-refractivity contribution >= 4 is 109 Å². The zero-order valence-corrected chi connectivity index (χ0v) is 70.2. The van der Waals surface area contributed by atoms with Crippen LogP contribution in [0.3, 0.4) is 0 Å². The van der Waals surface area contributed by atoms with Crippen LogP contribution >= 0.6 is 15.9 Å². The highest BCUT2D eigenvalue weighted by molar-refractivity contribution is 9.10. The quantitative estimate of drug-likeness (QED) is 0.0803. The molecule has 120 heavy (non-hydrogen) atoms. The molecule has 15 aromatic rings. The number of fused-ring (bicyclic) bond motifs is 3. The van der Waals surface area contributed by atoms with Crippen molar-refractivity contribution in [2.45, 2.75) is 94.3 Å². The molecule has 0 fully saturated rings. The summed E-state index contributed by atoms with van der Waals surface area (Å²) in [5.74, 6) is 3.77. The number of nitrogens with one attached hydrogen (secondary N) is 1. The summed E-state index contributed by atoms with van der Waals surface area (Å²) >= 11 is 3.52. The van der Waals surface area contributed by atoms with Gasteiger partial charge in [-0.15, -0.1) is 0 Å². The van der Waals surface area contributed by atoms with Gasteiger partial charge in [-0.25, -0.2) is 34.3 Å². The molecule has 29 heteroatoms. The minimum Gasteiger partial charge on any atom is -0.443 e. The van der Waals surface area contributed by atoms with Crippen LogP contribution in [0.4, 0.5) is 44.5 Å². The van der Waals surface area contributed by atoms with Gasteiger partial charge in [0.15, 0.2) is 0 Å². The van der Waals surface area contributed by atoms with E-state index in [4.69, 9.17) is 58.9 Å². The van der Waals surface area contributed by atoms with E-state index in [9.17, 15) is 20.1 Å². The zero-order chi connectivity index (χ0) is 85.9. The van der Waals surface area contributed by atoms with E-state index in [0.717, 1.165) is 82.6 Å². The molecule has 0 spiro atoms. The molecule has 27 nitrogen and oxygen atoms in total. The second-order valence-electron chi connectivity index (χ2n) is 29.9. The van der Waals surface area contributed by atoms with E-state index in [1.807, 2.05) is 162 Å². The van der Waals surface area contributed by atoms with Crippen LogP contribution in [0.15, 0.2) is 224 Å². The van der Waals surface area contributed by atoms with Crippen molar-refractivity contribution in [2.24, 2.45) is 21.1 Å². The second-order valence-corrected chi connectivity index (χ2v) is 30.8. The molecule has 9 aromatic heterocycles. The predicted octanol–water partition coefficient (Wildman–Crippen LogP) is 19.3. The second kappa shape index (κ2) is 36.6. The number of nitrogens with zero attached hydrogens (tertiary/aromatic N) is 17. The number of rotatable bonds is 15. The Morgan fingerprint density at radius 1 is 0.425 bits per heavy atom. The Morgan fingerprint density at radius 3 is 1.07 bits per heavy atom. The number of halogens is 1. The average Bonchev–Trinajstić information content (AvgIpc) is 1.55. The number of hydrogen-bond acceptors (Lipinski definition) is 22. The van der Waals surface area contributed by atoms with Gasteiger partial charge < -0.3 is 52.8 Å². The standard InChI is InChI=1S/C32H30N6O3.C27H26BrN5O3.C27H22N6O.C5H6BNO2/c1-20-17-24(23-11-14-34-15-12-23)18-21(2)28(20)40-29-27-26(13-16-37(27)6)35-30(36-29)38(31(39)41-32(3,4)5)25-9-7-22(19-33)8-10-25;1-16-13-19(28)14-17(2)23(16)35-24-22-21(11-12-32(22)6)30-25(31-24)33(26(34)36-27(3,4)5)20-9-7-18(15-29)8-10-20;1-17-14-21(20-8-11-29-12-9-20)15-18(2)25(17)34-26-24-23(10-13-33(24)3)31-27(32-26)30-22-6-4-19(16-28)5-7-22;8-6(9)5-1-3-7-4-2-5/h7-18H,1-6H3;7-14H,1-6H3;4-15H,1-3H3,(H,30,31,32);1-4,8-9H. The molecular weight excluding hydrogens is 1580 g/mol. The van der Waals surface area contributed by atoms with Gasteiger partial charge >= 0.3 is 19.3 Å². The highest BCUT2D eigenvalue weighted by atomic mass is 79.9. The molecule has 15 rings (SSSR count).